The first-order chi connectivity index (χ1) is 8.10. The molecule has 0 radical (unpaired) electrons. The molecule has 2 heteroatoms. The summed E-state index contributed by atoms with van der Waals surface area (Å²) in [5.41, 5.74) is 0.573. The van der Waals surface area contributed by atoms with Crippen molar-refractivity contribution in [2.75, 3.05) is 6.54 Å². The Morgan fingerprint density at radius 3 is 2.17 bits per heavy atom. The fourth-order valence-electron chi connectivity index (χ4n) is 1.61. The van der Waals surface area contributed by atoms with Crippen molar-refractivity contribution < 1.29 is 4.79 Å². The molecule has 0 aliphatic heterocycles. The van der Waals surface area contributed by atoms with Gasteiger partial charge in [-0.3, -0.25) is 4.79 Å². The largest absolute Gasteiger partial charge is 0.353 e. The molecule has 0 aromatic heterocycles. The summed E-state index contributed by atoms with van der Waals surface area (Å²) >= 11 is 0. The quantitative estimate of drug-likeness (QED) is 0.554. The number of nitrogens with one attached hydrogen (secondary N) is 1. The smallest absolute Gasteiger partial charge is 0.220 e. The average Bonchev–Trinajstić information content (AvgIpc) is 2.17. The summed E-state index contributed by atoms with van der Waals surface area (Å²) in [6.07, 6.45) is 8.13. The zero-order valence-electron chi connectivity index (χ0n) is 13.1. The second-order valence-corrected chi connectivity index (χ2v) is 7.34. The number of carbonyl (C=O) groups is 1. The van der Waals surface area contributed by atoms with Crippen LogP contribution in [0.15, 0.2) is 12.2 Å². The molecule has 0 fully saturated rings. The third-order valence-corrected chi connectivity index (χ3v) is 2.62. The van der Waals surface area contributed by atoms with E-state index in [-0.39, 0.29) is 11.3 Å². The van der Waals surface area contributed by atoms with Crippen molar-refractivity contribution in [3.05, 3.63) is 12.2 Å². The van der Waals surface area contributed by atoms with Gasteiger partial charge in [0.2, 0.25) is 5.91 Å². The summed E-state index contributed by atoms with van der Waals surface area (Å²) in [6.45, 7) is 13.8. The number of hydrogen-bond acceptors (Lipinski definition) is 1. The Morgan fingerprint density at radius 1 is 1.06 bits per heavy atom. The highest BCUT2D eigenvalue weighted by atomic mass is 16.1. The van der Waals surface area contributed by atoms with Crippen LogP contribution < -0.4 is 5.32 Å². The minimum absolute atomic E-state index is 0.169. The number of unbranched alkanes of at least 4 members (excludes halogenated alkanes) is 1. The lowest BCUT2D eigenvalue weighted by Gasteiger charge is -2.17. The van der Waals surface area contributed by atoms with E-state index in [2.05, 4.69) is 52.9 Å². The molecule has 18 heavy (non-hydrogen) atoms. The maximum absolute atomic E-state index is 11.5. The molecule has 0 aliphatic carbocycles. The minimum Gasteiger partial charge on any atom is -0.353 e. The molecule has 0 aromatic rings. The van der Waals surface area contributed by atoms with Gasteiger partial charge < -0.3 is 5.32 Å². The molecular weight excluding hydrogens is 222 g/mol. The van der Waals surface area contributed by atoms with E-state index < -0.39 is 0 Å². The van der Waals surface area contributed by atoms with Crippen LogP contribution in [0.5, 0.6) is 0 Å². The molecule has 0 heterocycles. The van der Waals surface area contributed by atoms with Gasteiger partial charge in [-0.25, -0.2) is 0 Å². The van der Waals surface area contributed by atoms with E-state index in [0.29, 0.717) is 18.4 Å². The van der Waals surface area contributed by atoms with E-state index in [1.165, 1.54) is 6.42 Å². The van der Waals surface area contributed by atoms with E-state index in [1.54, 1.807) is 0 Å². The summed E-state index contributed by atoms with van der Waals surface area (Å²) in [5.74, 6) is 0.169. The Bertz CT molecular complexity index is 266. The van der Waals surface area contributed by atoms with Crippen molar-refractivity contribution in [1.29, 1.82) is 0 Å². The SMILES string of the molecule is CC(C)(C)/C=C/CNC(=O)CCCCC(C)(C)C. The summed E-state index contributed by atoms with van der Waals surface area (Å²) in [5, 5.41) is 2.93. The molecule has 0 unspecified atom stereocenters. The minimum atomic E-state index is 0.169. The summed E-state index contributed by atoms with van der Waals surface area (Å²) in [4.78, 5) is 11.5. The third-order valence-electron chi connectivity index (χ3n) is 2.62. The third kappa shape index (κ3) is 13.3. The lowest BCUT2D eigenvalue weighted by Crippen LogP contribution is -2.23. The Hall–Kier alpha value is -0.790. The second kappa shape index (κ2) is 7.60. The van der Waals surface area contributed by atoms with Crippen LogP contribution in [0, 0.1) is 10.8 Å². The van der Waals surface area contributed by atoms with Crippen molar-refractivity contribution in [3.8, 4) is 0 Å². The molecule has 0 saturated carbocycles. The summed E-state index contributed by atoms with van der Waals surface area (Å²) < 4.78 is 0. The molecule has 0 aromatic carbocycles. The standard InChI is InChI=1S/C16H31NO/c1-15(2,3)11-8-7-10-14(18)17-13-9-12-16(4,5)6/h9,12H,7-8,10-11,13H2,1-6H3,(H,17,18)/b12-9+. The van der Waals surface area contributed by atoms with Gasteiger partial charge in [-0.05, 0) is 23.7 Å². The van der Waals surface area contributed by atoms with Gasteiger partial charge in [0.15, 0.2) is 0 Å². The van der Waals surface area contributed by atoms with E-state index >= 15 is 0 Å². The Balaban J connectivity index is 3.59. The van der Waals surface area contributed by atoms with Crippen LogP contribution in [-0.4, -0.2) is 12.5 Å². The fourth-order valence-corrected chi connectivity index (χ4v) is 1.61. The molecule has 0 spiro atoms. The molecule has 0 bridgehead atoms. The Morgan fingerprint density at radius 2 is 1.67 bits per heavy atom. The first-order valence-corrected chi connectivity index (χ1v) is 7.05. The first kappa shape index (κ1) is 17.2. The monoisotopic (exact) mass is 253 g/mol. The van der Waals surface area contributed by atoms with Crippen LogP contribution in [0.1, 0.15) is 67.2 Å². The van der Waals surface area contributed by atoms with Crippen molar-refractivity contribution in [3.63, 3.8) is 0 Å². The number of amides is 1. The molecule has 0 aliphatic rings. The topological polar surface area (TPSA) is 29.1 Å². The van der Waals surface area contributed by atoms with E-state index in [1.807, 2.05) is 6.08 Å². The zero-order chi connectivity index (χ0) is 14.2. The van der Waals surface area contributed by atoms with Crippen molar-refractivity contribution in [1.82, 2.24) is 5.32 Å². The highest BCUT2D eigenvalue weighted by Gasteiger charge is 2.09. The summed E-state index contributed by atoms with van der Waals surface area (Å²) in [6, 6.07) is 0. The molecule has 0 rings (SSSR count). The molecule has 0 saturated heterocycles. The van der Waals surface area contributed by atoms with Gasteiger partial charge in [0, 0.05) is 13.0 Å². The van der Waals surface area contributed by atoms with E-state index in [4.69, 9.17) is 0 Å². The maximum atomic E-state index is 11.5. The van der Waals surface area contributed by atoms with Crippen molar-refractivity contribution in [2.45, 2.75) is 67.2 Å². The van der Waals surface area contributed by atoms with Crippen LogP contribution in [0.2, 0.25) is 0 Å². The number of allylic oxidation sites excluding steroid dienone is 1. The van der Waals surface area contributed by atoms with Crippen LogP contribution in [0.3, 0.4) is 0 Å². The number of rotatable bonds is 6. The van der Waals surface area contributed by atoms with Crippen molar-refractivity contribution in [2.24, 2.45) is 10.8 Å². The highest BCUT2D eigenvalue weighted by molar-refractivity contribution is 5.75. The molecule has 0 atom stereocenters. The Labute approximate surface area is 113 Å². The number of hydrogen-bond donors (Lipinski definition) is 1. The average molecular weight is 253 g/mol. The van der Waals surface area contributed by atoms with Gasteiger partial charge in [0.05, 0.1) is 0 Å². The van der Waals surface area contributed by atoms with Gasteiger partial charge in [0.25, 0.3) is 0 Å². The van der Waals surface area contributed by atoms with Gasteiger partial charge in [0.1, 0.15) is 0 Å². The molecule has 2 nitrogen and oxygen atoms in total. The molecule has 106 valence electrons. The Kier molecular flexibility index (Phi) is 7.27. The van der Waals surface area contributed by atoms with Gasteiger partial charge in [-0.15, -0.1) is 0 Å². The van der Waals surface area contributed by atoms with Gasteiger partial charge >= 0.3 is 0 Å². The lowest BCUT2D eigenvalue weighted by molar-refractivity contribution is -0.121. The van der Waals surface area contributed by atoms with Crippen LogP contribution >= 0.6 is 0 Å². The van der Waals surface area contributed by atoms with Crippen LogP contribution in [-0.2, 0) is 4.79 Å². The van der Waals surface area contributed by atoms with Crippen LogP contribution in [0.4, 0.5) is 0 Å². The fraction of sp³-hybridized carbons (Fsp3) is 0.812. The van der Waals surface area contributed by atoms with Gasteiger partial charge in [-0.1, -0.05) is 60.1 Å². The second-order valence-electron chi connectivity index (χ2n) is 7.34. The summed E-state index contributed by atoms with van der Waals surface area (Å²) in [7, 11) is 0. The van der Waals surface area contributed by atoms with E-state index in [0.717, 1.165) is 12.8 Å². The van der Waals surface area contributed by atoms with E-state index in [9.17, 15) is 4.79 Å². The molecule has 1 N–H and O–H groups in total. The molecule has 1 amide bonds. The van der Waals surface area contributed by atoms with Crippen LogP contribution in [0.25, 0.3) is 0 Å². The maximum Gasteiger partial charge on any atom is 0.220 e. The highest BCUT2D eigenvalue weighted by Crippen LogP contribution is 2.21. The normalized spacial score (nSPS) is 13.0. The lowest BCUT2D eigenvalue weighted by atomic mass is 9.89. The first-order valence-electron chi connectivity index (χ1n) is 7.05. The predicted molar refractivity (Wildman–Crippen MR) is 79.5 cm³/mol. The van der Waals surface area contributed by atoms with Crippen molar-refractivity contribution >= 4 is 5.91 Å². The number of carbonyl (C=O) groups excluding carboxylic acids is 1. The van der Waals surface area contributed by atoms with Gasteiger partial charge in [-0.2, -0.15) is 0 Å². The predicted octanol–water partition coefficient (Wildman–Crippen LogP) is 4.31. The molecular formula is C16H31NO. The zero-order valence-corrected chi connectivity index (χ0v) is 13.1.